The molecule has 0 fully saturated rings. The van der Waals surface area contributed by atoms with Crippen LogP contribution in [0.15, 0.2) is 11.6 Å². The summed E-state index contributed by atoms with van der Waals surface area (Å²) in [6, 6.07) is 0. The number of ether oxygens (including phenoxy) is 1. The topological polar surface area (TPSA) is 46.5 Å². The first-order chi connectivity index (χ1) is 6.72. The van der Waals surface area contributed by atoms with Crippen molar-refractivity contribution in [3.8, 4) is 0 Å². The van der Waals surface area contributed by atoms with Crippen molar-refractivity contribution in [3.05, 3.63) is 11.6 Å². The molecule has 3 heteroatoms. The average Bonchev–Trinajstić information content (AvgIpc) is 2.18. The Kier molecular flexibility index (Phi) is 8.24. The van der Waals surface area contributed by atoms with Crippen molar-refractivity contribution in [2.45, 2.75) is 39.5 Å². The van der Waals surface area contributed by atoms with Gasteiger partial charge in [0.1, 0.15) is 0 Å². The largest absolute Gasteiger partial charge is 0.462 e. The molecule has 0 aliphatic heterocycles. The average molecular weight is 200 g/mol. The fourth-order valence-electron chi connectivity index (χ4n) is 0.949. The smallest absolute Gasteiger partial charge is 0.333 e. The number of hydrogen-bond acceptors (Lipinski definition) is 3. The van der Waals surface area contributed by atoms with Gasteiger partial charge in [0.25, 0.3) is 0 Å². The van der Waals surface area contributed by atoms with E-state index in [1.54, 1.807) is 6.92 Å². The fourth-order valence-corrected chi connectivity index (χ4v) is 0.949. The summed E-state index contributed by atoms with van der Waals surface area (Å²) in [7, 11) is 0. The molecule has 0 aromatic carbocycles. The van der Waals surface area contributed by atoms with E-state index in [9.17, 15) is 4.79 Å². The second-order valence-corrected chi connectivity index (χ2v) is 3.24. The molecule has 0 rings (SSSR count). The molecule has 0 bridgehead atoms. The molecule has 0 aromatic heterocycles. The minimum absolute atomic E-state index is 0.0614. The molecule has 0 unspecified atom stereocenters. The van der Waals surface area contributed by atoms with Gasteiger partial charge >= 0.3 is 5.97 Å². The number of rotatable bonds is 7. The van der Waals surface area contributed by atoms with E-state index in [0.29, 0.717) is 18.6 Å². The highest BCUT2D eigenvalue weighted by molar-refractivity contribution is 5.87. The first-order valence-corrected chi connectivity index (χ1v) is 5.17. The van der Waals surface area contributed by atoms with Crippen LogP contribution in [0.4, 0.5) is 0 Å². The maximum absolute atomic E-state index is 11.2. The minimum atomic E-state index is -0.269. The third kappa shape index (κ3) is 6.66. The number of carbonyl (C=O) groups excluding carboxylic acids is 1. The van der Waals surface area contributed by atoms with Gasteiger partial charge in [-0.2, -0.15) is 0 Å². The Hall–Kier alpha value is -0.830. The van der Waals surface area contributed by atoms with Crippen LogP contribution in [0.1, 0.15) is 39.5 Å². The molecular formula is C11H20O3. The van der Waals surface area contributed by atoms with E-state index < -0.39 is 0 Å². The van der Waals surface area contributed by atoms with Crippen LogP contribution in [0.2, 0.25) is 0 Å². The number of unbranched alkanes of at least 4 members (excludes halogenated alkanes) is 2. The van der Waals surface area contributed by atoms with E-state index >= 15 is 0 Å². The first-order valence-electron chi connectivity index (χ1n) is 5.17. The van der Waals surface area contributed by atoms with Gasteiger partial charge in [0.05, 0.1) is 6.61 Å². The zero-order valence-corrected chi connectivity index (χ0v) is 9.08. The Morgan fingerprint density at radius 1 is 1.43 bits per heavy atom. The maximum Gasteiger partial charge on any atom is 0.333 e. The molecule has 0 aliphatic carbocycles. The molecule has 82 valence electrons. The Balaban J connectivity index is 3.68. The van der Waals surface area contributed by atoms with Crippen LogP contribution in [0.3, 0.4) is 0 Å². The van der Waals surface area contributed by atoms with Crippen molar-refractivity contribution in [2.24, 2.45) is 0 Å². The van der Waals surface area contributed by atoms with Gasteiger partial charge in [-0.1, -0.05) is 25.8 Å². The summed E-state index contributed by atoms with van der Waals surface area (Å²) < 4.78 is 4.91. The van der Waals surface area contributed by atoms with E-state index in [0.717, 1.165) is 19.3 Å². The molecule has 0 atom stereocenters. The lowest BCUT2D eigenvalue weighted by Gasteiger charge is -2.03. The molecule has 0 saturated carbocycles. The molecule has 14 heavy (non-hydrogen) atoms. The number of hydrogen-bond donors (Lipinski definition) is 1. The summed E-state index contributed by atoms with van der Waals surface area (Å²) in [5.41, 5.74) is 0.663. The van der Waals surface area contributed by atoms with Gasteiger partial charge in [-0.05, 0) is 13.3 Å². The van der Waals surface area contributed by atoms with E-state index in [2.05, 4.69) is 6.92 Å². The number of carbonyl (C=O) groups is 1. The summed E-state index contributed by atoms with van der Waals surface area (Å²) in [5, 5.41) is 8.49. The number of aliphatic hydroxyl groups is 1. The molecule has 0 spiro atoms. The Morgan fingerprint density at radius 2 is 2.14 bits per heavy atom. The fraction of sp³-hybridized carbons (Fsp3) is 0.727. The summed E-state index contributed by atoms with van der Waals surface area (Å²) in [6.07, 6.45) is 5.57. The van der Waals surface area contributed by atoms with Crippen LogP contribution in [-0.2, 0) is 9.53 Å². The highest BCUT2D eigenvalue weighted by Gasteiger charge is 2.03. The van der Waals surface area contributed by atoms with Crippen molar-refractivity contribution in [1.29, 1.82) is 0 Å². The molecule has 1 N–H and O–H groups in total. The standard InChI is InChI=1S/C11H20O3/c1-3-4-5-7-10(2)11(13)14-9-6-8-12/h7,12H,3-6,8-9H2,1-2H3. The lowest BCUT2D eigenvalue weighted by Crippen LogP contribution is -2.08. The van der Waals surface area contributed by atoms with E-state index in [-0.39, 0.29) is 12.6 Å². The zero-order chi connectivity index (χ0) is 10.8. The van der Waals surface area contributed by atoms with Crippen molar-refractivity contribution in [3.63, 3.8) is 0 Å². The molecular weight excluding hydrogens is 180 g/mol. The highest BCUT2D eigenvalue weighted by atomic mass is 16.5. The third-order valence-electron chi connectivity index (χ3n) is 1.87. The molecule has 0 saturated heterocycles. The summed E-state index contributed by atoms with van der Waals surface area (Å²) >= 11 is 0. The van der Waals surface area contributed by atoms with Crippen LogP contribution < -0.4 is 0 Å². The second kappa shape index (κ2) is 8.75. The van der Waals surface area contributed by atoms with Crippen molar-refractivity contribution < 1.29 is 14.6 Å². The van der Waals surface area contributed by atoms with E-state index in [1.807, 2.05) is 6.08 Å². The summed E-state index contributed by atoms with van der Waals surface area (Å²) in [6.45, 7) is 4.24. The highest BCUT2D eigenvalue weighted by Crippen LogP contribution is 2.03. The Morgan fingerprint density at radius 3 is 2.71 bits per heavy atom. The lowest BCUT2D eigenvalue weighted by atomic mass is 10.2. The van der Waals surface area contributed by atoms with Gasteiger partial charge in [-0.15, -0.1) is 0 Å². The number of aliphatic hydroxyl groups excluding tert-OH is 1. The van der Waals surface area contributed by atoms with Gasteiger partial charge in [-0.25, -0.2) is 4.79 Å². The predicted molar refractivity (Wildman–Crippen MR) is 55.9 cm³/mol. The SMILES string of the molecule is CCCCC=C(C)C(=O)OCCCO. The molecule has 3 nitrogen and oxygen atoms in total. The number of allylic oxidation sites excluding steroid dienone is 1. The van der Waals surface area contributed by atoms with Gasteiger partial charge in [0.2, 0.25) is 0 Å². The van der Waals surface area contributed by atoms with Crippen molar-refractivity contribution in [1.82, 2.24) is 0 Å². The summed E-state index contributed by atoms with van der Waals surface area (Å²) in [5.74, 6) is -0.269. The summed E-state index contributed by atoms with van der Waals surface area (Å²) in [4.78, 5) is 11.2. The monoisotopic (exact) mass is 200 g/mol. The minimum Gasteiger partial charge on any atom is -0.462 e. The second-order valence-electron chi connectivity index (χ2n) is 3.24. The van der Waals surface area contributed by atoms with Crippen LogP contribution in [0.5, 0.6) is 0 Å². The molecule has 0 aromatic rings. The first kappa shape index (κ1) is 13.2. The lowest BCUT2D eigenvalue weighted by molar-refractivity contribution is -0.139. The van der Waals surface area contributed by atoms with Gasteiger partial charge in [-0.3, -0.25) is 0 Å². The van der Waals surface area contributed by atoms with Gasteiger partial charge in [0, 0.05) is 18.6 Å². The van der Waals surface area contributed by atoms with Crippen LogP contribution in [0, 0.1) is 0 Å². The maximum atomic E-state index is 11.2. The molecule has 0 aliphatic rings. The van der Waals surface area contributed by atoms with E-state index in [1.165, 1.54) is 0 Å². The molecule has 0 radical (unpaired) electrons. The van der Waals surface area contributed by atoms with Crippen LogP contribution >= 0.6 is 0 Å². The van der Waals surface area contributed by atoms with E-state index in [4.69, 9.17) is 9.84 Å². The van der Waals surface area contributed by atoms with Gasteiger partial charge < -0.3 is 9.84 Å². The Bertz CT molecular complexity index is 185. The van der Waals surface area contributed by atoms with Crippen LogP contribution in [0.25, 0.3) is 0 Å². The molecule has 0 amide bonds. The normalized spacial score (nSPS) is 11.5. The Labute approximate surface area is 85.8 Å². The van der Waals surface area contributed by atoms with Crippen molar-refractivity contribution in [2.75, 3.05) is 13.2 Å². The quantitative estimate of drug-likeness (QED) is 0.388. The van der Waals surface area contributed by atoms with Crippen LogP contribution in [-0.4, -0.2) is 24.3 Å². The number of esters is 1. The zero-order valence-electron chi connectivity index (χ0n) is 9.08. The third-order valence-corrected chi connectivity index (χ3v) is 1.87. The predicted octanol–water partition coefficient (Wildman–Crippen LogP) is 2.05. The van der Waals surface area contributed by atoms with Crippen molar-refractivity contribution >= 4 is 5.97 Å². The van der Waals surface area contributed by atoms with Gasteiger partial charge in [0.15, 0.2) is 0 Å². The molecule has 0 heterocycles.